The molecule has 1 spiro atoms. The Morgan fingerprint density at radius 3 is 2.75 bits per heavy atom. The maximum Gasteiger partial charge on any atom is 0.471 e. The molecule has 0 bridgehead atoms. The maximum absolute atomic E-state index is 13.1. The van der Waals surface area contributed by atoms with Crippen LogP contribution < -0.4 is 11.1 Å². The van der Waals surface area contributed by atoms with E-state index in [2.05, 4.69) is 10.3 Å². The fourth-order valence-corrected chi connectivity index (χ4v) is 3.35. The number of aromatic nitrogens is 1. The molecule has 1 aromatic rings. The summed E-state index contributed by atoms with van der Waals surface area (Å²) in [6.45, 7) is 2.34. The van der Waals surface area contributed by atoms with Gasteiger partial charge in [-0.05, 0) is 31.4 Å². The number of hydrogen-bond acceptors (Lipinski definition) is 5. The molecule has 2 amide bonds. The number of nitrogens with zero attached hydrogens (tertiary/aromatic N) is 2. The fraction of sp³-hybridized carbons (Fsp3) is 0.611. The number of rotatable bonds is 6. The molecule has 1 aromatic heterocycles. The number of carbonyl (C=O) groups excluding carboxylic acids is 2. The minimum absolute atomic E-state index is 0.0193. The summed E-state index contributed by atoms with van der Waals surface area (Å²) in [4.78, 5) is 28.2. The number of nitrogens with two attached hydrogens (primary N) is 1. The van der Waals surface area contributed by atoms with Crippen LogP contribution in [0.4, 0.5) is 13.2 Å². The molecule has 10 heteroatoms. The van der Waals surface area contributed by atoms with Crippen LogP contribution in [0, 0.1) is 5.41 Å². The second-order valence-corrected chi connectivity index (χ2v) is 7.42. The molecule has 0 aromatic carbocycles. The summed E-state index contributed by atoms with van der Waals surface area (Å²) in [5.41, 5.74) is 5.85. The molecule has 154 valence electrons. The van der Waals surface area contributed by atoms with Gasteiger partial charge in [-0.3, -0.25) is 14.6 Å². The van der Waals surface area contributed by atoms with Gasteiger partial charge < -0.3 is 20.7 Å². The zero-order valence-electron chi connectivity index (χ0n) is 15.5. The molecule has 1 aliphatic heterocycles. The summed E-state index contributed by atoms with van der Waals surface area (Å²) in [7, 11) is 0. The van der Waals surface area contributed by atoms with E-state index in [0.29, 0.717) is 24.3 Å². The van der Waals surface area contributed by atoms with Gasteiger partial charge in [-0.1, -0.05) is 6.92 Å². The van der Waals surface area contributed by atoms with Gasteiger partial charge in [-0.2, -0.15) is 13.2 Å². The van der Waals surface area contributed by atoms with Crippen molar-refractivity contribution < 1.29 is 27.5 Å². The molecule has 0 radical (unpaired) electrons. The van der Waals surface area contributed by atoms with Crippen molar-refractivity contribution in [3.05, 3.63) is 29.6 Å². The number of amides is 2. The molecule has 2 aliphatic rings. The monoisotopic (exact) mass is 400 g/mol. The third-order valence-electron chi connectivity index (χ3n) is 5.20. The highest BCUT2D eigenvalue weighted by molar-refractivity contribution is 5.82. The van der Waals surface area contributed by atoms with Gasteiger partial charge >= 0.3 is 12.1 Å². The van der Waals surface area contributed by atoms with Crippen LogP contribution >= 0.6 is 0 Å². The predicted octanol–water partition coefficient (Wildman–Crippen LogP) is 1.63. The molecule has 28 heavy (non-hydrogen) atoms. The molecule has 2 fully saturated rings. The lowest BCUT2D eigenvalue weighted by Crippen LogP contribution is -2.50. The standard InChI is InChI=1S/C18H23F3N4O3/c1-2-13(14(22)26)24-8-12-7-11(3-6-23-12)15-25(16(27)18(19,20)21)9-17(4-5-17)10-28-15/h3,6-7,13,15,24H,2,4-5,8-10H2,1H3,(H2,22,26). The molecule has 2 heterocycles. The van der Waals surface area contributed by atoms with E-state index in [1.807, 2.05) is 0 Å². The number of carbonyl (C=O) groups is 2. The molecule has 1 saturated heterocycles. The average molecular weight is 400 g/mol. The van der Waals surface area contributed by atoms with Gasteiger partial charge in [0.15, 0.2) is 6.23 Å². The van der Waals surface area contributed by atoms with Crippen LogP contribution in [0.15, 0.2) is 18.3 Å². The number of ether oxygens (including phenoxy) is 1. The van der Waals surface area contributed by atoms with Crippen molar-refractivity contribution in [2.75, 3.05) is 13.2 Å². The van der Waals surface area contributed by atoms with Crippen LogP contribution in [0.5, 0.6) is 0 Å². The zero-order valence-corrected chi connectivity index (χ0v) is 15.5. The smallest absolute Gasteiger partial charge is 0.368 e. The van der Waals surface area contributed by atoms with E-state index in [9.17, 15) is 22.8 Å². The van der Waals surface area contributed by atoms with Crippen molar-refractivity contribution in [3.63, 3.8) is 0 Å². The van der Waals surface area contributed by atoms with E-state index in [1.165, 1.54) is 12.3 Å². The lowest BCUT2D eigenvalue weighted by molar-refractivity contribution is -0.210. The summed E-state index contributed by atoms with van der Waals surface area (Å²) in [6, 6.07) is 2.57. The molecular formula is C18H23F3N4O3. The van der Waals surface area contributed by atoms with Crippen LogP contribution in [-0.4, -0.2) is 47.1 Å². The summed E-state index contributed by atoms with van der Waals surface area (Å²) >= 11 is 0. The van der Waals surface area contributed by atoms with Crippen LogP contribution in [0.3, 0.4) is 0 Å². The number of halogens is 3. The first kappa shape index (κ1) is 20.5. The van der Waals surface area contributed by atoms with Gasteiger partial charge in [0, 0.05) is 30.3 Å². The first-order valence-corrected chi connectivity index (χ1v) is 9.12. The maximum atomic E-state index is 13.1. The highest BCUT2D eigenvalue weighted by Crippen LogP contribution is 2.51. The SMILES string of the molecule is CCC(NCc1cc(C2OCC3(CC3)CN2C(=O)C(F)(F)F)ccn1)C(N)=O. The van der Waals surface area contributed by atoms with Gasteiger partial charge in [0.25, 0.3) is 0 Å². The second-order valence-electron chi connectivity index (χ2n) is 7.42. The first-order valence-electron chi connectivity index (χ1n) is 9.12. The Morgan fingerprint density at radius 2 is 2.18 bits per heavy atom. The van der Waals surface area contributed by atoms with Crippen molar-refractivity contribution >= 4 is 11.8 Å². The van der Waals surface area contributed by atoms with Gasteiger partial charge in [-0.15, -0.1) is 0 Å². The van der Waals surface area contributed by atoms with Gasteiger partial charge in [0.2, 0.25) is 5.91 Å². The van der Waals surface area contributed by atoms with Gasteiger partial charge in [0.1, 0.15) is 0 Å². The topological polar surface area (TPSA) is 97.6 Å². The summed E-state index contributed by atoms with van der Waals surface area (Å²) in [5, 5.41) is 2.96. The van der Waals surface area contributed by atoms with Crippen molar-refractivity contribution in [1.29, 1.82) is 0 Å². The van der Waals surface area contributed by atoms with Crippen molar-refractivity contribution in [2.45, 2.75) is 51.2 Å². The van der Waals surface area contributed by atoms with Crippen LogP contribution in [0.2, 0.25) is 0 Å². The highest BCUT2D eigenvalue weighted by Gasteiger charge is 2.54. The Morgan fingerprint density at radius 1 is 1.46 bits per heavy atom. The number of hydrogen-bond donors (Lipinski definition) is 2. The number of nitrogens with one attached hydrogen (secondary N) is 1. The molecule has 3 rings (SSSR count). The average Bonchev–Trinajstić information content (AvgIpc) is 3.39. The van der Waals surface area contributed by atoms with Crippen LogP contribution in [0.1, 0.15) is 43.7 Å². The van der Waals surface area contributed by atoms with E-state index < -0.39 is 30.3 Å². The number of alkyl halides is 3. The van der Waals surface area contributed by atoms with E-state index in [0.717, 1.165) is 17.7 Å². The Bertz CT molecular complexity index is 752. The van der Waals surface area contributed by atoms with Gasteiger partial charge in [0.05, 0.1) is 18.3 Å². The number of pyridine rings is 1. The molecule has 1 saturated carbocycles. The Kier molecular flexibility index (Phi) is 5.62. The van der Waals surface area contributed by atoms with Crippen LogP contribution in [0.25, 0.3) is 0 Å². The normalized spacial score (nSPS) is 22.1. The Balaban J connectivity index is 1.78. The molecular weight excluding hydrogens is 377 g/mol. The largest absolute Gasteiger partial charge is 0.471 e. The van der Waals surface area contributed by atoms with E-state index in [4.69, 9.17) is 10.5 Å². The minimum atomic E-state index is -4.97. The predicted molar refractivity (Wildman–Crippen MR) is 92.5 cm³/mol. The fourth-order valence-electron chi connectivity index (χ4n) is 3.35. The Labute approximate surface area is 160 Å². The third kappa shape index (κ3) is 4.44. The lowest BCUT2D eigenvalue weighted by Gasteiger charge is -2.40. The lowest BCUT2D eigenvalue weighted by atomic mass is 10.0. The van der Waals surface area contributed by atoms with E-state index in [1.54, 1.807) is 13.0 Å². The highest BCUT2D eigenvalue weighted by atomic mass is 19.4. The molecule has 7 nitrogen and oxygen atoms in total. The number of primary amides is 1. The Hall–Kier alpha value is -2.20. The molecule has 2 atom stereocenters. The molecule has 2 unspecified atom stereocenters. The summed E-state index contributed by atoms with van der Waals surface area (Å²) in [6.07, 6.45) is -2.66. The zero-order chi connectivity index (χ0) is 20.5. The van der Waals surface area contributed by atoms with E-state index >= 15 is 0 Å². The van der Waals surface area contributed by atoms with Crippen molar-refractivity contribution in [3.8, 4) is 0 Å². The molecule has 1 aliphatic carbocycles. The summed E-state index contributed by atoms with van der Waals surface area (Å²) in [5.74, 6) is -2.40. The first-order chi connectivity index (χ1) is 13.1. The minimum Gasteiger partial charge on any atom is -0.368 e. The second kappa shape index (κ2) is 7.67. The van der Waals surface area contributed by atoms with Gasteiger partial charge in [-0.25, -0.2) is 0 Å². The van der Waals surface area contributed by atoms with E-state index in [-0.39, 0.29) is 18.5 Å². The van der Waals surface area contributed by atoms with Crippen LogP contribution in [-0.2, 0) is 20.9 Å². The summed E-state index contributed by atoms with van der Waals surface area (Å²) < 4.78 is 45.0. The quantitative estimate of drug-likeness (QED) is 0.757. The van der Waals surface area contributed by atoms with Crippen molar-refractivity contribution in [1.82, 2.24) is 15.2 Å². The molecule has 3 N–H and O–H groups in total. The third-order valence-corrected chi connectivity index (χ3v) is 5.20. The van der Waals surface area contributed by atoms with Crippen molar-refractivity contribution in [2.24, 2.45) is 11.1 Å².